The van der Waals surface area contributed by atoms with Crippen LogP contribution in [0.2, 0.25) is 0 Å². The Balaban J connectivity index is 2.45. The molecule has 0 aliphatic rings. The molecule has 0 spiro atoms. The van der Waals surface area contributed by atoms with Crippen molar-refractivity contribution in [3.05, 3.63) is 16.3 Å². The number of nitrogens with zero attached hydrogens (tertiary/aromatic N) is 1. The highest BCUT2D eigenvalue weighted by Crippen LogP contribution is 2.18. The number of nitrogens with two attached hydrogens (primary N) is 1. The Morgan fingerprint density at radius 3 is 2.59 bits per heavy atom. The van der Waals surface area contributed by atoms with E-state index >= 15 is 0 Å². The normalized spacial score (nSPS) is 13.5. The lowest BCUT2D eigenvalue weighted by Gasteiger charge is -2.24. The first kappa shape index (κ1) is 14.5. The van der Waals surface area contributed by atoms with Gasteiger partial charge in [-0.15, -0.1) is 11.3 Å². The molecule has 3 N–H and O–H groups in total. The van der Waals surface area contributed by atoms with Crippen LogP contribution in [0.1, 0.15) is 25.1 Å². The monoisotopic (exact) mass is 255 g/mol. The molecule has 0 amide bonds. The number of hydrogen-bond donors (Lipinski definition) is 2. The number of hydrogen-bond acceptors (Lipinski definition) is 4. The molecule has 0 fully saturated rings. The van der Waals surface area contributed by atoms with Crippen molar-refractivity contribution in [2.24, 2.45) is 5.92 Å². The van der Waals surface area contributed by atoms with Gasteiger partial charge in [-0.3, -0.25) is 0 Å². The smallest absolute Gasteiger partial charge is 0.0468 e. The maximum Gasteiger partial charge on any atom is 0.0468 e. The molecule has 1 heterocycles. The molecule has 0 radical (unpaired) electrons. The Morgan fingerprint density at radius 1 is 1.41 bits per heavy atom. The van der Waals surface area contributed by atoms with Crippen LogP contribution in [0.4, 0.5) is 5.69 Å². The summed E-state index contributed by atoms with van der Waals surface area (Å²) < 4.78 is 0. The van der Waals surface area contributed by atoms with E-state index < -0.39 is 0 Å². The molecule has 4 heteroatoms. The van der Waals surface area contributed by atoms with Crippen LogP contribution < -0.4 is 11.1 Å². The Bertz CT molecular complexity index is 310. The van der Waals surface area contributed by atoms with Crippen LogP contribution >= 0.6 is 11.3 Å². The molecule has 0 aliphatic heterocycles. The van der Waals surface area contributed by atoms with Gasteiger partial charge >= 0.3 is 0 Å². The fraction of sp³-hybridized carbons (Fsp3) is 0.692. The highest BCUT2D eigenvalue weighted by molar-refractivity contribution is 7.10. The van der Waals surface area contributed by atoms with Gasteiger partial charge in [0, 0.05) is 29.7 Å². The molecule has 98 valence electrons. The zero-order chi connectivity index (χ0) is 12.8. The molecule has 0 bridgehead atoms. The number of anilines is 1. The van der Waals surface area contributed by atoms with E-state index in [1.807, 2.05) is 6.07 Å². The number of likely N-dealkylation sites (N-methyl/N-ethyl adjacent to an activating group) is 1. The molecule has 17 heavy (non-hydrogen) atoms. The maximum atomic E-state index is 5.89. The molecular formula is C13H25N3S. The van der Waals surface area contributed by atoms with Gasteiger partial charge in [0.2, 0.25) is 0 Å². The van der Waals surface area contributed by atoms with E-state index in [-0.39, 0.29) is 0 Å². The van der Waals surface area contributed by atoms with Gasteiger partial charge < -0.3 is 16.0 Å². The molecule has 0 saturated carbocycles. The summed E-state index contributed by atoms with van der Waals surface area (Å²) in [6.45, 7) is 6.49. The first-order valence-electron chi connectivity index (χ1n) is 6.19. The summed E-state index contributed by atoms with van der Waals surface area (Å²) in [5.41, 5.74) is 6.80. The lowest BCUT2D eigenvalue weighted by Crippen LogP contribution is -2.38. The van der Waals surface area contributed by atoms with Crippen molar-refractivity contribution in [3.8, 4) is 0 Å². The third kappa shape index (κ3) is 5.52. The van der Waals surface area contributed by atoms with E-state index in [0.29, 0.717) is 12.0 Å². The number of nitrogen functional groups attached to an aromatic ring is 1. The molecule has 0 aromatic carbocycles. The van der Waals surface area contributed by atoms with Crippen LogP contribution in [0.5, 0.6) is 0 Å². The predicted molar refractivity (Wildman–Crippen MR) is 77.4 cm³/mol. The Morgan fingerprint density at radius 2 is 2.12 bits per heavy atom. The second kappa shape index (κ2) is 6.99. The van der Waals surface area contributed by atoms with Gasteiger partial charge in [-0.05, 0) is 37.9 Å². The van der Waals surface area contributed by atoms with Gasteiger partial charge in [0.1, 0.15) is 0 Å². The minimum Gasteiger partial charge on any atom is -0.398 e. The van der Waals surface area contributed by atoms with E-state index in [1.165, 1.54) is 11.3 Å². The number of rotatable bonds is 7. The summed E-state index contributed by atoms with van der Waals surface area (Å²) in [6, 6.07) is 2.51. The highest BCUT2D eigenvalue weighted by Gasteiger charge is 2.12. The van der Waals surface area contributed by atoms with E-state index in [2.05, 4.69) is 43.5 Å². The molecule has 0 saturated heterocycles. The predicted octanol–water partition coefficient (Wildman–Crippen LogP) is 2.40. The molecular weight excluding hydrogens is 230 g/mol. The van der Waals surface area contributed by atoms with E-state index in [4.69, 9.17) is 5.73 Å². The Hall–Kier alpha value is -0.580. The molecule has 3 nitrogen and oxygen atoms in total. The van der Waals surface area contributed by atoms with Crippen molar-refractivity contribution in [3.63, 3.8) is 0 Å². The third-order valence-electron chi connectivity index (χ3n) is 2.67. The lowest BCUT2D eigenvalue weighted by molar-refractivity contribution is 0.305. The van der Waals surface area contributed by atoms with Crippen LogP contribution in [0.25, 0.3) is 0 Å². The quantitative estimate of drug-likeness (QED) is 0.786. The third-order valence-corrected chi connectivity index (χ3v) is 3.61. The van der Waals surface area contributed by atoms with E-state index in [9.17, 15) is 0 Å². The Kier molecular flexibility index (Phi) is 5.95. The fourth-order valence-corrected chi connectivity index (χ4v) is 2.71. The Labute approximate surface area is 109 Å². The van der Waals surface area contributed by atoms with Crippen molar-refractivity contribution in [2.45, 2.75) is 32.9 Å². The molecule has 1 aromatic heterocycles. The van der Waals surface area contributed by atoms with Crippen LogP contribution in [0.15, 0.2) is 11.4 Å². The van der Waals surface area contributed by atoms with Gasteiger partial charge in [0.05, 0.1) is 0 Å². The van der Waals surface area contributed by atoms with Gasteiger partial charge in [-0.2, -0.15) is 0 Å². The van der Waals surface area contributed by atoms with Gasteiger partial charge in [-0.1, -0.05) is 13.8 Å². The van der Waals surface area contributed by atoms with Crippen LogP contribution in [0.3, 0.4) is 0 Å². The minimum absolute atomic E-state index is 0.534. The first-order chi connectivity index (χ1) is 7.99. The molecule has 1 aromatic rings. The number of thiophene rings is 1. The first-order valence-corrected chi connectivity index (χ1v) is 7.07. The zero-order valence-corrected chi connectivity index (χ0v) is 12.2. The summed E-state index contributed by atoms with van der Waals surface area (Å²) >= 11 is 1.73. The van der Waals surface area contributed by atoms with Crippen LogP contribution in [-0.2, 0) is 6.54 Å². The van der Waals surface area contributed by atoms with Crippen LogP contribution in [0, 0.1) is 5.92 Å². The van der Waals surface area contributed by atoms with Crippen molar-refractivity contribution in [2.75, 3.05) is 26.4 Å². The van der Waals surface area contributed by atoms with Gasteiger partial charge in [-0.25, -0.2) is 0 Å². The molecule has 1 atom stereocenters. The summed E-state index contributed by atoms with van der Waals surface area (Å²) in [7, 11) is 4.24. The second-order valence-corrected chi connectivity index (χ2v) is 6.27. The SMILES string of the molecule is CC(C)CC(CN(C)C)NCc1sccc1N. The lowest BCUT2D eigenvalue weighted by atomic mass is 10.0. The fourth-order valence-electron chi connectivity index (χ4n) is 1.96. The largest absolute Gasteiger partial charge is 0.398 e. The van der Waals surface area contributed by atoms with Gasteiger partial charge in [0.15, 0.2) is 0 Å². The molecule has 1 rings (SSSR count). The van der Waals surface area contributed by atoms with Gasteiger partial charge in [0.25, 0.3) is 0 Å². The topological polar surface area (TPSA) is 41.3 Å². The summed E-state index contributed by atoms with van der Waals surface area (Å²) in [6.07, 6.45) is 1.20. The molecule has 0 aliphatic carbocycles. The standard InChI is InChI=1S/C13H25N3S/c1-10(2)7-11(9-16(3)4)15-8-13-12(14)5-6-17-13/h5-6,10-11,15H,7-9,14H2,1-4H3. The average molecular weight is 255 g/mol. The summed E-state index contributed by atoms with van der Waals surface area (Å²) in [5, 5.41) is 5.67. The van der Waals surface area contributed by atoms with Crippen molar-refractivity contribution in [1.82, 2.24) is 10.2 Å². The zero-order valence-electron chi connectivity index (χ0n) is 11.4. The maximum absolute atomic E-state index is 5.89. The van der Waals surface area contributed by atoms with Crippen LogP contribution in [-0.4, -0.2) is 31.6 Å². The average Bonchev–Trinajstić information content (AvgIpc) is 2.59. The minimum atomic E-state index is 0.534. The highest BCUT2D eigenvalue weighted by atomic mass is 32.1. The second-order valence-electron chi connectivity index (χ2n) is 5.27. The van der Waals surface area contributed by atoms with E-state index in [0.717, 1.165) is 18.8 Å². The van der Waals surface area contributed by atoms with Crippen molar-refractivity contribution < 1.29 is 0 Å². The number of nitrogens with one attached hydrogen (secondary N) is 1. The summed E-state index contributed by atoms with van der Waals surface area (Å²) in [4.78, 5) is 3.48. The van der Waals surface area contributed by atoms with E-state index in [1.54, 1.807) is 11.3 Å². The summed E-state index contributed by atoms with van der Waals surface area (Å²) in [5.74, 6) is 0.716. The van der Waals surface area contributed by atoms with Crippen molar-refractivity contribution >= 4 is 17.0 Å². The molecule has 1 unspecified atom stereocenters. The van der Waals surface area contributed by atoms with Crippen molar-refractivity contribution in [1.29, 1.82) is 0 Å².